The third-order valence-electron chi connectivity index (χ3n) is 3.12. The maximum atomic E-state index is 12.4. The van der Waals surface area contributed by atoms with Gasteiger partial charge in [-0.2, -0.15) is 0 Å². The molecule has 1 rings (SSSR count). The number of likely N-dealkylation sites (N-methyl/N-ethyl adjacent to an activating group) is 1. The van der Waals surface area contributed by atoms with Crippen LogP contribution in [0.3, 0.4) is 0 Å². The van der Waals surface area contributed by atoms with E-state index in [1.807, 2.05) is 13.8 Å². The molecule has 0 fully saturated rings. The number of nitrogens with zero attached hydrogens (tertiary/aromatic N) is 3. The quantitative estimate of drug-likeness (QED) is 0.785. The van der Waals surface area contributed by atoms with Gasteiger partial charge in [-0.05, 0) is 27.7 Å². The van der Waals surface area contributed by atoms with Crippen LogP contribution in [0.1, 0.15) is 33.4 Å². The van der Waals surface area contributed by atoms with Crippen LogP contribution >= 0.6 is 0 Å². The molecule has 1 aromatic heterocycles. The smallest absolute Gasteiger partial charge is 0.254 e. The molecule has 1 aromatic rings. The Balaban J connectivity index is 2.66. The topological polar surface area (TPSA) is 55.3 Å². The first kappa shape index (κ1) is 15.6. The average molecular weight is 265 g/mol. The molecular formula is C14H23N3O2. The van der Waals surface area contributed by atoms with Crippen LogP contribution in [0.4, 0.5) is 0 Å². The zero-order valence-corrected chi connectivity index (χ0v) is 12.4. The molecule has 0 saturated heterocycles. The maximum Gasteiger partial charge on any atom is 0.254 e. The first-order valence-corrected chi connectivity index (χ1v) is 6.54. The Labute approximate surface area is 115 Å². The predicted octanol–water partition coefficient (Wildman–Crippen LogP) is 1.68. The number of amides is 1. The highest BCUT2D eigenvalue weighted by Gasteiger charge is 2.32. The minimum atomic E-state index is -0.792. The third-order valence-corrected chi connectivity index (χ3v) is 3.12. The van der Waals surface area contributed by atoms with E-state index in [1.54, 1.807) is 44.4 Å². The molecule has 0 aromatic carbocycles. The Morgan fingerprint density at radius 2 is 2.16 bits per heavy atom. The second-order valence-electron chi connectivity index (χ2n) is 5.11. The highest BCUT2D eigenvalue weighted by atomic mass is 16.5. The van der Waals surface area contributed by atoms with Crippen molar-refractivity contribution >= 4 is 5.91 Å². The standard InChI is InChI=1S/C14H23N3O2/c1-6-19-14(3,4)13(18)17(5)11(2)9-12-10-15-7-8-16-12/h7-8,10-11H,6,9H2,1-5H3/t11-/m1/s1. The van der Waals surface area contributed by atoms with Crippen LogP contribution in [0.15, 0.2) is 18.6 Å². The summed E-state index contributed by atoms with van der Waals surface area (Å²) in [4.78, 5) is 22.3. The summed E-state index contributed by atoms with van der Waals surface area (Å²) in [5.41, 5.74) is 0.0870. The van der Waals surface area contributed by atoms with Gasteiger partial charge in [0.25, 0.3) is 5.91 Å². The van der Waals surface area contributed by atoms with Gasteiger partial charge in [-0.3, -0.25) is 14.8 Å². The molecule has 0 N–H and O–H groups in total. The van der Waals surface area contributed by atoms with Gasteiger partial charge < -0.3 is 9.64 Å². The van der Waals surface area contributed by atoms with Gasteiger partial charge in [0, 0.05) is 44.7 Å². The summed E-state index contributed by atoms with van der Waals surface area (Å²) in [6.07, 6.45) is 5.70. The average Bonchev–Trinajstić information content (AvgIpc) is 2.38. The number of hydrogen-bond acceptors (Lipinski definition) is 4. The number of rotatable bonds is 6. The highest BCUT2D eigenvalue weighted by Crippen LogP contribution is 2.15. The van der Waals surface area contributed by atoms with E-state index in [0.717, 1.165) is 5.69 Å². The maximum absolute atomic E-state index is 12.4. The van der Waals surface area contributed by atoms with Crippen molar-refractivity contribution in [1.82, 2.24) is 14.9 Å². The Bertz CT molecular complexity index is 406. The van der Waals surface area contributed by atoms with Gasteiger partial charge in [-0.1, -0.05) is 0 Å². The molecule has 106 valence electrons. The van der Waals surface area contributed by atoms with Crippen LogP contribution in [0, 0.1) is 0 Å². The summed E-state index contributed by atoms with van der Waals surface area (Å²) >= 11 is 0. The zero-order valence-electron chi connectivity index (χ0n) is 12.4. The second-order valence-corrected chi connectivity index (χ2v) is 5.11. The molecule has 0 saturated carbocycles. The molecule has 5 heteroatoms. The van der Waals surface area contributed by atoms with Gasteiger partial charge in [0.2, 0.25) is 0 Å². The van der Waals surface area contributed by atoms with Crippen molar-refractivity contribution in [2.75, 3.05) is 13.7 Å². The van der Waals surface area contributed by atoms with Crippen LogP contribution in [-0.4, -0.2) is 46.1 Å². The van der Waals surface area contributed by atoms with Crippen LogP contribution in [0.25, 0.3) is 0 Å². The van der Waals surface area contributed by atoms with Crippen molar-refractivity contribution in [3.05, 3.63) is 24.3 Å². The Kier molecular flexibility index (Phi) is 5.42. The number of carbonyl (C=O) groups is 1. The molecular weight excluding hydrogens is 242 g/mol. The molecule has 1 atom stereocenters. The van der Waals surface area contributed by atoms with E-state index < -0.39 is 5.60 Å². The van der Waals surface area contributed by atoms with E-state index in [2.05, 4.69) is 9.97 Å². The van der Waals surface area contributed by atoms with E-state index in [4.69, 9.17) is 4.74 Å². The van der Waals surface area contributed by atoms with Crippen molar-refractivity contribution in [1.29, 1.82) is 0 Å². The number of aromatic nitrogens is 2. The van der Waals surface area contributed by atoms with E-state index in [1.165, 1.54) is 0 Å². The molecule has 0 aliphatic heterocycles. The lowest BCUT2D eigenvalue weighted by molar-refractivity contribution is -0.154. The van der Waals surface area contributed by atoms with E-state index in [9.17, 15) is 4.79 Å². The largest absolute Gasteiger partial charge is 0.366 e. The van der Waals surface area contributed by atoms with Gasteiger partial charge in [0.15, 0.2) is 0 Å². The molecule has 0 unspecified atom stereocenters. The number of carbonyl (C=O) groups excluding carboxylic acids is 1. The summed E-state index contributed by atoms with van der Waals surface area (Å²) in [5, 5.41) is 0. The molecule has 0 bridgehead atoms. The summed E-state index contributed by atoms with van der Waals surface area (Å²) < 4.78 is 5.49. The van der Waals surface area contributed by atoms with Crippen molar-refractivity contribution in [3.63, 3.8) is 0 Å². The van der Waals surface area contributed by atoms with Crippen LogP contribution < -0.4 is 0 Å². The monoisotopic (exact) mass is 265 g/mol. The molecule has 5 nitrogen and oxygen atoms in total. The Morgan fingerprint density at radius 1 is 1.47 bits per heavy atom. The van der Waals surface area contributed by atoms with Gasteiger partial charge in [0.1, 0.15) is 5.60 Å². The SMILES string of the molecule is CCOC(C)(C)C(=O)N(C)[C@H](C)Cc1cnccn1. The molecule has 19 heavy (non-hydrogen) atoms. The fourth-order valence-corrected chi connectivity index (χ4v) is 1.92. The highest BCUT2D eigenvalue weighted by molar-refractivity contribution is 5.84. The van der Waals surface area contributed by atoms with Crippen molar-refractivity contribution < 1.29 is 9.53 Å². The van der Waals surface area contributed by atoms with Crippen molar-refractivity contribution in [2.45, 2.75) is 45.8 Å². The Morgan fingerprint density at radius 3 is 2.68 bits per heavy atom. The molecule has 1 heterocycles. The molecule has 0 spiro atoms. The molecule has 0 aliphatic rings. The minimum absolute atomic E-state index is 0.0225. The fourth-order valence-electron chi connectivity index (χ4n) is 1.92. The van der Waals surface area contributed by atoms with Gasteiger partial charge >= 0.3 is 0 Å². The van der Waals surface area contributed by atoms with E-state index in [-0.39, 0.29) is 11.9 Å². The summed E-state index contributed by atoms with van der Waals surface area (Å²) in [5.74, 6) is -0.0225. The zero-order chi connectivity index (χ0) is 14.5. The van der Waals surface area contributed by atoms with Crippen molar-refractivity contribution in [2.24, 2.45) is 0 Å². The van der Waals surface area contributed by atoms with Crippen molar-refractivity contribution in [3.8, 4) is 0 Å². The third kappa shape index (κ3) is 4.28. The minimum Gasteiger partial charge on any atom is -0.366 e. The molecule has 1 amide bonds. The normalized spacial score (nSPS) is 13.1. The van der Waals surface area contributed by atoms with Crippen LogP contribution in [-0.2, 0) is 16.0 Å². The predicted molar refractivity (Wildman–Crippen MR) is 73.7 cm³/mol. The second kappa shape index (κ2) is 6.61. The fraction of sp³-hybridized carbons (Fsp3) is 0.643. The van der Waals surface area contributed by atoms with Gasteiger partial charge in [0.05, 0.1) is 5.69 Å². The molecule has 0 radical (unpaired) electrons. The lowest BCUT2D eigenvalue weighted by Crippen LogP contribution is -2.49. The van der Waals surface area contributed by atoms with Crippen LogP contribution in [0.2, 0.25) is 0 Å². The summed E-state index contributed by atoms with van der Waals surface area (Å²) in [6.45, 7) is 7.99. The van der Waals surface area contributed by atoms with Crippen LogP contribution in [0.5, 0.6) is 0 Å². The van der Waals surface area contributed by atoms with Gasteiger partial charge in [-0.25, -0.2) is 0 Å². The lowest BCUT2D eigenvalue weighted by Gasteiger charge is -2.32. The van der Waals surface area contributed by atoms with Gasteiger partial charge in [-0.15, -0.1) is 0 Å². The van der Waals surface area contributed by atoms with E-state index >= 15 is 0 Å². The number of ether oxygens (including phenoxy) is 1. The summed E-state index contributed by atoms with van der Waals surface area (Å²) in [6, 6.07) is 0.0453. The first-order valence-electron chi connectivity index (χ1n) is 6.54. The molecule has 0 aliphatic carbocycles. The number of hydrogen-bond donors (Lipinski definition) is 0. The Hall–Kier alpha value is -1.49. The lowest BCUT2D eigenvalue weighted by atomic mass is 10.1. The summed E-state index contributed by atoms with van der Waals surface area (Å²) in [7, 11) is 1.80. The van der Waals surface area contributed by atoms with E-state index in [0.29, 0.717) is 13.0 Å². The first-order chi connectivity index (χ1) is 8.88.